The maximum atomic E-state index is 12.4. The van der Waals surface area contributed by atoms with Gasteiger partial charge in [-0.3, -0.25) is 9.97 Å². The molecular weight excluding hydrogens is 828 g/mol. The van der Waals surface area contributed by atoms with Crippen molar-refractivity contribution in [1.29, 1.82) is 0 Å². The zero-order chi connectivity index (χ0) is 47.0. The summed E-state index contributed by atoms with van der Waals surface area (Å²) >= 11 is 5.72. The third-order valence-electron chi connectivity index (χ3n) is 9.35. The number of benzene rings is 3. The summed E-state index contributed by atoms with van der Waals surface area (Å²) in [5.74, 6) is 3.74. The van der Waals surface area contributed by atoms with E-state index in [-0.39, 0.29) is 26.6 Å². The second kappa shape index (κ2) is 31.8. The molecule has 0 radical (unpaired) electrons. The molecule has 0 N–H and O–H groups in total. The van der Waals surface area contributed by atoms with Crippen LogP contribution in [0.2, 0.25) is 5.02 Å². The Kier molecular flexibility index (Phi) is 30.4. The van der Waals surface area contributed by atoms with E-state index in [1.165, 1.54) is 52.2 Å². The number of hydrogen-bond acceptors (Lipinski definition) is 4. The Morgan fingerprint density at radius 3 is 1.08 bits per heavy atom. The van der Waals surface area contributed by atoms with Gasteiger partial charge in [-0.05, 0) is 119 Å². The summed E-state index contributed by atoms with van der Waals surface area (Å²) in [7, 11) is 0. The van der Waals surface area contributed by atoms with E-state index >= 15 is 0 Å². The van der Waals surface area contributed by atoms with Gasteiger partial charge < -0.3 is 0 Å². The van der Waals surface area contributed by atoms with Gasteiger partial charge in [0, 0.05) is 35.5 Å². The lowest BCUT2D eigenvalue weighted by Gasteiger charge is -2.07. The van der Waals surface area contributed by atoms with E-state index in [1.807, 2.05) is 76.6 Å². The first-order valence-electron chi connectivity index (χ1n) is 21.3. The molecular formula is C55H77ClF4N4. The van der Waals surface area contributed by atoms with E-state index in [4.69, 9.17) is 11.6 Å². The van der Waals surface area contributed by atoms with Gasteiger partial charge in [0.05, 0.1) is 0 Å². The highest BCUT2D eigenvalue weighted by atomic mass is 35.5. The van der Waals surface area contributed by atoms with Crippen LogP contribution in [0.4, 0.5) is 17.6 Å². The van der Waals surface area contributed by atoms with Crippen LogP contribution in [0.15, 0.2) is 128 Å². The van der Waals surface area contributed by atoms with E-state index in [1.54, 1.807) is 0 Å². The number of hydrogen-bond donors (Lipinski definition) is 0. The maximum absolute atomic E-state index is 12.4. The van der Waals surface area contributed by atoms with Crippen LogP contribution in [-0.4, -0.2) is 19.9 Å². The van der Waals surface area contributed by atoms with Crippen molar-refractivity contribution in [2.45, 2.75) is 153 Å². The normalized spacial score (nSPS) is 10.4. The number of aromatic nitrogens is 4. The van der Waals surface area contributed by atoms with Crippen molar-refractivity contribution in [1.82, 2.24) is 19.9 Å². The van der Waals surface area contributed by atoms with Gasteiger partial charge in [-0.2, -0.15) is 13.2 Å². The smallest absolute Gasteiger partial charge is 0.261 e. The summed E-state index contributed by atoms with van der Waals surface area (Å²) in [6, 6.07) is 31.8. The van der Waals surface area contributed by atoms with Crippen LogP contribution in [0.25, 0.3) is 0 Å². The highest BCUT2D eigenvalue weighted by Crippen LogP contribution is 2.28. The standard InChI is InChI=1S/C9H11Cl.C9H10F3N.C9H11F.C9H13N.C9H12.C8H12N2.2CH4/c1-7(2)8-3-5-9(10)6-4-8;1-6(2)7-3-4-8(13-5-7)9(10,11)12;1-7(2)8-3-5-9(10)6-4-8;1-7(2)9-5-4-8(3)10-6-9;1-8(2)9-6-4-3-5-7-9;1-6(2)8-4-9-7(3)10-5-8;;/h3-7H,1-2H3;3-6H,1-2H3;3-7H,1-2H3;4-7H,1-3H3;3-8H,1-2H3;4-6H,1-3H3;2*1H4. The minimum absolute atomic E-state index is 0. The molecule has 352 valence electrons. The molecule has 0 fully saturated rings. The fourth-order valence-corrected chi connectivity index (χ4v) is 5.10. The summed E-state index contributed by atoms with van der Waals surface area (Å²) in [4.78, 5) is 15.7. The van der Waals surface area contributed by atoms with Crippen molar-refractivity contribution < 1.29 is 17.6 Å². The lowest BCUT2D eigenvalue weighted by atomic mass is 10.0. The summed E-state index contributed by atoms with van der Waals surface area (Å²) in [5.41, 5.74) is 7.51. The third-order valence-corrected chi connectivity index (χ3v) is 9.60. The number of alkyl halides is 3. The number of halogens is 5. The molecule has 0 saturated carbocycles. The lowest BCUT2D eigenvalue weighted by Crippen LogP contribution is -2.07. The highest BCUT2D eigenvalue weighted by Gasteiger charge is 2.32. The first kappa shape index (κ1) is 61.1. The molecule has 0 spiro atoms. The molecule has 4 nitrogen and oxygen atoms in total. The number of rotatable bonds is 6. The Labute approximate surface area is 390 Å². The Morgan fingerprint density at radius 2 is 0.750 bits per heavy atom. The molecule has 0 atom stereocenters. The largest absolute Gasteiger partial charge is 0.433 e. The lowest BCUT2D eigenvalue weighted by molar-refractivity contribution is -0.141. The van der Waals surface area contributed by atoms with Gasteiger partial charge in [0.25, 0.3) is 0 Å². The Morgan fingerprint density at radius 1 is 0.406 bits per heavy atom. The molecule has 9 heteroatoms. The molecule has 6 rings (SSSR count). The first-order chi connectivity index (χ1) is 29.0. The maximum Gasteiger partial charge on any atom is 0.433 e. The Hall–Kier alpha value is -4.95. The quantitative estimate of drug-likeness (QED) is 0.156. The molecule has 0 saturated heterocycles. The van der Waals surface area contributed by atoms with Crippen molar-refractivity contribution in [3.63, 3.8) is 0 Å². The van der Waals surface area contributed by atoms with Crippen LogP contribution in [0.1, 0.15) is 184 Å². The summed E-state index contributed by atoms with van der Waals surface area (Å²) < 4.78 is 48.5. The summed E-state index contributed by atoms with van der Waals surface area (Å²) in [6.45, 7) is 29.3. The van der Waals surface area contributed by atoms with E-state index in [0.717, 1.165) is 28.2 Å². The molecule has 3 aromatic heterocycles. The molecule has 0 bridgehead atoms. The van der Waals surface area contributed by atoms with Gasteiger partial charge in [0.15, 0.2) is 0 Å². The number of aryl methyl sites for hydroxylation is 2. The van der Waals surface area contributed by atoms with Gasteiger partial charge in [0.2, 0.25) is 0 Å². The SMILES string of the molecule is C.C.CC(C)c1ccc(C(F)(F)F)nc1.CC(C)c1ccc(Cl)cc1.CC(C)c1ccc(F)cc1.CC(C)c1ccccc1.Cc1ccc(C(C)C)cn1.Cc1ncc(C(C)C)cn1. The molecule has 64 heavy (non-hydrogen) atoms. The van der Waals surface area contributed by atoms with Gasteiger partial charge in [0.1, 0.15) is 17.3 Å². The molecule has 0 amide bonds. The van der Waals surface area contributed by atoms with E-state index in [0.29, 0.717) is 29.6 Å². The fourth-order valence-electron chi connectivity index (χ4n) is 4.97. The highest BCUT2D eigenvalue weighted by molar-refractivity contribution is 6.30. The number of pyridine rings is 2. The van der Waals surface area contributed by atoms with Crippen LogP contribution in [-0.2, 0) is 6.18 Å². The molecule has 0 aliphatic carbocycles. The molecule has 0 aliphatic heterocycles. The van der Waals surface area contributed by atoms with Crippen molar-refractivity contribution in [2.75, 3.05) is 0 Å². The zero-order valence-corrected chi connectivity index (χ0v) is 40.0. The van der Waals surface area contributed by atoms with Gasteiger partial charge in [-0.15, -0.1) is 0 Å². The minimum atomic E-state index is -4.34. The second-order valence-corrected chi connectivity index (χ2v) is 17.1. The topological polar surface area (TPSA) is 51.6 Å². The summed E-state index contributed by atoms with van der Waals surface area (Å²) in [5, 5.41) is 0.810. The van der Waals surface area contributed by atoms with Crippen molar-refractivity contribution >= 4 is 11.6 Å². The first-order valence-corrected chi connectivity index (χ1v) is 21.7. The van der Waals surface area contributed by atoms with Gasteiger partial charge in [-0.25, -0.2) is 14.4 Å². The van der Waals surface area contributed by atoms with Gasteiger partial charge in [-0.1, -0.05) is 176 Å². The second-order valence-electron chi connectivity index (χ2n) is 16.7. The molecule has 0 unspecified atom stereocenters. The fraction of sp³-hybridized carbons (Fsp3) is 0.418. The molecule has 6 aromatic rings. The van der Waals surface area contributed by atoms with Crippen LogP contribution >= 0.6 is 11.6 Å². The van der Waals surface area contributed by atoms with E-state index in [9.17, 15) is 17.6 Å². The number of nitrogens with zero attached hydrogens (tertiary/aromatic N) is 4. The van der Waals surface area contributed by atoms with Crippen molar-refractivity contribution in [2.24, 2.45) is 0 Å². The zero-order valence-electron chi connectivity index (χ0n) is 39.3. The Balaban J connectivity index is 0. The monoisotopic (exact) mass is 905 g/mol. The van der Waals surface area contributed by atoms with Crippen molar-refractivity contribution in [3.8, 4) is 0 Å². The van der Waals surface area contributed by atoms with Gasteiger partial charge >= 0.3 is 6.18 Å². The van der Waals surface area contributed by atoms with E-state index < -0.39 is 11.9 Å². The summed E-state index contributed by atoms with van der Waals surface area (Å²) in [6.07, 6.45) is 2.64. The van der Waals surface area contributed by atoms with E-state index in [2.05, 4.69) is 138 Å². The molecule has 0 aliphatic rings. The average molecular weight is 906 g/mol. The predicted octanol–water partition coefficient (Wildman–Crippen LogP) is 18.1. The average Bonchev–Trinajstić information content (AvgIpc) is 3.23. The van der Waals surface area contributed by atoms with Crippen LogP contribution in [0.5, 0.6) is 0 Å². The predicted molar refractivity (Wildman–Crippen MR) is 267 cm³/mol. The Bertz CT molecular complexity index is 1830. The third kappa shape index (κ3) is 26.0. The van der Waals surface area contributed by atoms with Crippen LogP contribution in [0, 0.1) is 19.7 Å². The molecule has 3 aromatic carbocycles. The molecule has 3 heterocycles. The van der Waals surface area contributed by atoms with Crippen molar-refractivity contribution in [3.05, 3.63) is 189 Å². The van der Waals surface area contributed by atoms with Crippen LogP contribution < -0.4 is 0 Å². The van der Waals surface area contributed by atoms with Crippen LogP contribution in [0.3, 0.4) is 0 Å². The minimum Gasteiger partial charge on any atom is -0.261 e.